The molecule has 1 aromatic rings. The van der Waals surface area contributed by atoms with E-state index in [0.29, 0.717) is 16.4 Å². The third-order valence-corrected chi connectivity index (χ3v) is 5.08. The monoisotopic (exact) mass is 252 g/mol. The lowest BCUT2D eigenvalue weighted by Gasteiger charge is -2.27. The molecule has 0 aromatic carbocycles. The molecule has 17 heavy (non-hydrogen) atoms. The van der Waals surface area contributed by atoms with E-state index in [4.69, 9.17) is 5.73 Å². The van der Waals surface area contributed by atoms with Crippen molar-refractivity contribution in [1.29, 1.82) is 0 Å². The summed E-state index contributed by atoms with van der Waals surface area (Å²) in [6, 6.07) is 4.38. The second kappa shape index (κ2) is 7.02. The average Bonchev–Trinajstić information content (AvgIpc) is 2.35. The summed E-state index contributed by atoms with van der Waals surface area (Å²) in [5.74, 6) is 0.674. The second-order valence-electron chi connectivity index (χ2n) is 4.86. The molecule has 1 heterocycles. The zero-order valence-electron chi connectivity index (χ0n) is 11.3. The predicted molar refractivity (Wildman–Crippen MR) is 77.1 cm³/mol. The van der Waals surface area contributed by atoms with Gasteiger partial charge in [0.1, 0.15) is 0 Å². The molecular formula is C14H24N2S. The lowest BCUT2D eigenvalue weighted by Crippen LogP contribution is -2.27. The molecule has 0 aliphatic carbocycles. The molecule has 0 bridgehead atoms. The van der Waals surface area contributed by atoms with E-state index < -0.39 is 0 Å². The molecule has 0 fully saturated rings. The smallest absolute Gasteiger partial charge is 0.0452 e. The van der Waals surface area contributed by atoms with Crippen molar-refractivity contribution in [2.75, 3.05) is 0 Å². The highest BCUT2D eigenvalue weighted by Gasteiger charge is 2.22. The van der Waals surface area contributed by atoms with Crippen LogP contribution in [0.25, 0.3) is 0 Å². The Balaban J connectivity index is 2.82. The number of aromatic nitrogens is 1. The number of hydrogen-bond acceptors (Lipinski definition) is 3. The van der Waals surface area contributed by atoms with Gasteiger partial charge in [0.2, 0.25) is 0 Å². The van der Waals surface area contributed by atoms with E-state index in [1.807, 2.05) is 24.2 Å². The first kappa shape index (κ1) is 14.5. The molecule has 2 N–H and O–H groups in total. The van der Waals surface area contributed by atoms with Gasteiger partial charge >= 0.3 is 0 Å². The van der Waals surface area contributed by atoms with Crippen molar-refractivity contribution >= 4 is 11.8 Å². The Labute approximate surface area is 109 Å². The van der Waals surface area contributed by atoms with E-state index in [-0.39, 0.29) is 6.04 Å². The van der Waals surface area contributed by atoms with Gasteiger partial charge in [-0.3, -0.25) is 4.98 Å². The van der Waals surface area contributed by atoms with Gasteiger partial charge in [0.05, 0.1) is 0 Å². The lowest BCUT2D eigenvalue weighted by molar-refractivity contribution is 0.609. The molecule has 3 atom stereocenters. The molecule has 1 aromatic heterocycles. The molecule has 96 valence electrons. The molecule has 3 heteroatoms. The van der Waals surface area contributed by atoms with E-state index in [0.717, 1.165) is 6.42 Å². The molecular weight excluding hydrogens is 228 g/mol. The van der Waals surface area contributed by atoms with Gasteiger partial charge in [0, 0.05) is 28.9 Å². The first-order chi connectivity index (χ1) is 8.06. The first-order valence-corrected chi connectivity index (χ1v) is 7.31. The van der Waals surface area contributed by atoms with E-state index in [2.05, 4.69) is 44.8 Å². The summed E-state index contributed by atoms with van der Waals surface area (Å²) in [7, 11) is 0. The average molecular weight is 252 g/mol. The maximum atomic E-state index is 6.26. The molecule has 0 saturated carbocycles. The largest absolute Gasteiger partial charge is 0.326 e. The van der Waals surface area contributed by atoms with E-state index in [9.17, 15) is 0 Å². The van der Waals surface area contributed by atoms with Crippen LogP contribution in [0.2, 0.25) is 0 Å². The Hall–Kier alpha value is -0.540. The Morgan fingerprint density at radius 3 is 2.29 bits per heavy atom. The predicted octanol–water partition coefficient (Wildman–Crippen LogP) is 3.64. The number of nitrogens with two attached hydrogens (primary N) is 1. The molecule has 0 aliphatic heterocycles. The van der Waals surface area contributed by atoms with Crippen LogP contribution in [0.15, 0.2) is 24.5 Å². The highest BCUT2D eigenvalue weighted by atomic mass is 32.2. The highest BCUT2D eigenvalue weighted by molar-refractivity contribution is 8.00. The minimum atomic E-state index is 0.212. The minimum absolute atomic E-state index is 0.212. The quantitative estimate of drug-likeness (QED) is 0.840. The maximum Gasteiger partial charge on any atom is 0.0452 e. The van der Waals surface area contributed by atoms with Gasteiger partial charge in [-0.05, 0) is 30.0 Å². The molecule has 0 spiro atoms. The van der Waals surface area contributed by atoms with Crippen LogP contribution in [0.3, 0.4) is 0 Å². The highest BCUT2D eigenvalue weighted by Crippen LogP contribution is 2.37. The van der Waals surface area contributed by atoms with Gasteiger partial charge in [-0.2, -0.15) is 0 Å². The number of thioether (sulfide) groups is 1. The molecule has 0 radical (unpaired) electrons. The van der Waals surface area contributed by atoms with Crippen LogP contribution < -0.4 is 5.73 Å². The number of pyridine rings is 1. The molecule has 1 rings (SSSR count). The Kier molecular flexibility index (Phi) is 6.00. The van der Waals surface area contributed by atoms with E-state index >= 15 is 0 Å². The van der Waals surface area contributed by atoms with Crippen LogP contribution in [0.5, 0.6) is 0 Å². The van der Waals surface area contributed by atoms with Crippen molar-refractivity contribution in [3.8, 4) is 0 Å². The molecule has 0 aliphatic rings. The van der Waals surface area contributed by atoms with Crippen molar-refractivity contribution in [2.24, 2.45) is 11.7 Å². The zero-order chi connectivity index (χ0) is 12.8. The van der Waals surface area contributed by atoms with Crippen LogP contribution in [0.4, 0.5) is 0 Å². The molecule has 2 nitrogen and oxygen atoms in total. The Morgan fingerprint density at radius 1 is 1.24 bits per heavy atom. The zero-order valence-corrected chi connectivity index (χ0v) is 12.1. The lowest BCUT2D eigenvalue weighted by atomic mass is 10.1. The summed E-state index contributed by atoms with van der Waals surface area (Å²) in [5.41, 5.74) is 7.55. The van der Waals surface area contributed by atoms with Crippen LogP contribution in [-0.2, 0) is 0 Å². The minimum Gasteiger partial charge on any atom is -0.326 e. The normalized spacial score (nSPS) is 16.8. The summed E-state index contributed by atoms with van der Waals surface area (Å²) in [6.45, 7) is 8.96. The van der Waals surface area contributed by atoms with Gasteiger partial charge in [0.15, 0.2) is 0 Å². The number of rotatable bonds is 6. The summed E-state index contributed by atoms with van der Waals surface area (Å²) < 4.78 is 0. The van der Waals surface area contributed by atoms with Gasteiger partial charge in [-0.15, -0.1) is 11.8 Å². The fourth-order valence-corrected chi connectivity index (χ4v) is 3.07. The fourth-order valence-electron chi connectivity index (χ4n) is 1.58. The van der Waals surface area contributed by atoms with E-state index in [1.165, 1.54) is 5.56 Å². The van der Waals surface area contributed by atoms with Crippen LogP contribution in [-0.4, -0.2) is 16.3 Å². The van der Waals surface area contributed by atoms with Gasteiger partial charge in [-0.25, -0.2) is 0 Å². The van der Waals surface area contributed by atoms with Gasteiger partial charge in [-0.1, -0.05) is 27.7 Å². The molecule has 0 amide bonds. The Morgan fingerprint density at radius 2 is 1.82 bits per heavy atom. The molecule has 0 saturated heterocycles. The number of hydrogen-bond donors (Lipinski definition) is 1. The van der Waals surface area contributed by atoms with Crippen molar-refractivity contribution < 1.29 is 0 Å². The maximum absolute atomic E-state index is 6.26. The first-order valence-electron chi connectivity index (χ1n) is 6.37. The summed E-state index contributed by atoms with van der Waals surface area (Å²) in [6.07, 6.45) is 4.71. The topological polar surface area (TPSA) is 38.9 Å². The summed E-state index contributed by atoms with van der Waals surface area (Å²) in [4.78, 5) is 4.08. The Bertz CT molecular complexity index is 313. The van der Waals surface area contributed by atoms with Crippen molar-refractivity contribution in [3.05, 3.63) is 30.1 Å². The van der Waals surface area contributed by atoms with E-state index in [1.54, 1.807) is 0 Å². The van der Waals surface area contributed by atoms with Crippen LogP contribution in [0.1, 0.15) is 44.9 Å². The summed E-state index contributed by atoms with van der Waals surface area (Å²) in [5, 5.41) is 0.992. The van der Waals surface area contributed by atoms with Gasteiger partial charge in [0.25, 0.3) is 0 Å². The third-order valence-electron chi connectivity index (χ3n) is 3.20. The standard InChI is InChI=1S/C14H24N2S/c1-5-13(15)14(17-11(4)10(2)3)12-6-8-16-9-7-12/h6-11,13-14H,5,15H2,1-4H3. The van der Waals surface area contributed by atoms with Crippen LogP contribution in [0, 0.1) is 5.92 Å². The second-order valence-corrected chi connectivity index (χ2v) is 6.38. The van der Waals surface area contributed by atoms with Crippen LogP contribution >= 0.6 is 11.8 Å². The number of nitrogens with zero attached hydrogens (tertiary/aromatic N) is 1. The van der Waals surface area contributed by atoms with Crippen molar-refractivity contribution in [3.63, 3.8) is 0 Å². The fraction of sp³-hybridized carbons (Fsp3) is 0.643. The summed E-state index contributed by atoms with van der Waals surface area (Å²) >= 11 is 1.99. The molecule has 3 unspecified atom stereocenters. The van der Waals surface area contributed by atoms with Gasteiger partial charge < -0.3 is 5.73 Å². The third kappa shape index (κ3) is 4.32. The van der Waals surface area contributed by atoms with Crippen molar-refractivity contribution in [2.45, 2.75) is 50.7 Å². The van der Waals surface area contributed by atoms with Crippen molar-refractivity contribution in [1.82, 2.24) is 4.98 Å². The SMILES string of the molecule is CCC(N)C(SC(C)C(C)C)c1ccncc1.